The molecule has 0 amide bonds. The summed E-state index contributed by atoms with van der Waals surface area (Å²) in [7, 11) is 0. The largest absolute Gasteiger partial charge is 0.294 e. The summed E-state index contributed by atoms with van der Waals surface area (Å²) >= 11 is 3.60. The van der Waals surface area contributed by atoms with Crippen LogP contribution in [-0.4, -0.2) is 32.6 Å². The predicted octanol–water partition coefficient (Wildman–Crippen LogP) is 3.60. The minimum Gasteiger partial charge on any atom is -0.294 e. The van der Waals surface area contributed by atoms with E-state index in [2.05, 4.69) is 50.5 Å². The maximum atomic E-state index is 4.67. The number of hydrogen-bond acceptors (Lipinski definition) is 2. The van der Waals surface area contributed by atoms with E-state index in [1.54, 1.807) is 0 Å². The number of hydrogen-bond donors (Lipinski definition) is 0. The van der Waals surface area contributed by atoms with Gasteiger partial charge in [-0.25, -0.2) is 0 Å². The fourth-order valence-electron chi connectivity index (χ4n) is 3.07. The first-order valence-electron chi connectivity index (χ1n) is 7.64. The predicted molar refractivity (Wildman–Crippen MR) is 83.7 cm³/mol. The van der Waals surface area contributed by atoms with Gasteiger partial charge in [0.25, 0.3) is 0 Å². The maximum Gasteiger partial charge on any atom is 0.0625 e. The van der Waals surface area contributed by atoms with E-state index < -0.39 is 0 Å². The minimum absolute atomic E-state index is 0.780. The summed E-state index contributed by atoms with van der Waals surface area (Å²) in [4.78, 5) is 2.64. The van der Waals surface area contributed by atoms with Gasteiger partial charge in [-0.15, -0.1) is 0 Å². The minimum atomic E-state index is 0.780. The Kier molecular flexibility index (Phi) is 5.89. The van der Waals surface area contributed by atoms with Gasteiger partial charge >= 0.3 is 0 Å². The van der Waals surface area contributed by atoms with Gasteiger partial charge in [0.1, 0.15) is 0 Å². The topological polar surface area (TPSA) is 21.1 Å². The third-order valence-electron chi connectivity index (χ3n) is 4.15. The lowest BCUT2D eigenvalue weighted by atomic mass is 10.2. The van der Waals surface area contributed by atoms with Crippen molar-refractivity contribution >= 4 is 15.9 Å². The zero-order chi connectivity index (χ0) is 13.7. The lowest BCUT2D eigenvalue weighted by Crippen LogP contribution is -2.35. The van der Waals surface area contributed by atoms with E-state index in [1.165, 1.54) is 37.1 Å². The van der Waals surface area contributed by atoms with Crippen molar-refractivity contribution in [3.63, 3.8) is 0 Å². The SMILES string of the molecule is CCc1cc(CN(CCBr)C2CCCC2)n(CC)n1. The summed E-state index contributed by atoms with van der Waals surface area (Å²) in [6.07, 6.45) is 6.57. The van der Waals surface area contributed by atoms with Crippen LogP contribution in [0.15, 0.2) is 6.07 Å². The van der Waals surface area contributed by atoms with Crippen molar-refractivity contribution < 1.29 is 0 Å². The smallest absolute Gasteiger partial charge is 0.0625 e. The zero-order valence-corrected chi connectivity index (χ0v) is 13.8. The molecule has 1 fully saturated rings. The van der Waals surface area contributed by atoms with E-state index in [1.807, 2.05) is 0 Å². The molecule has 2 rings (SSSR count). The Labute approximate surface area is 125 Å². The second-order valence-electron chi connectivity index (χ2n) is 5.39. The average Bonchev–Trinajstić information content (AvgIpc) is 3.07. The number of nitrogens with zero attached hydrogens (tertiary/aromatic N) is 3. The Morgan fingerprint density at radius 2 is 2.11 bits per heavy atom. The van der Waals surface area contributed by atoms with Crippen LogP contribution in [-0.2, 0) is 19.5 Å². The molecule has 1 aromatic heterocycles. The first-order chi connectivity index (χ1) is 9.28. The summed E-state index contributed by atoms with van der Waals surface area (Å²) in [6.45, 7) is 7.53. The summed E-state index contributed by atoms with van der Waals surface area (Å²) in [5.74, 6) is 0. The van der Waals surface area contributed by atoms with Gasteiger partial charge in [-0.3, -0.25) is 9.58 Å². The van der Waals surface area contributed by atoms with Crippen LogP contribution >= 0.6 is 15.9 Å². The van der Waals surface area contributed by atoms with Gasteiger partial charge in [-0.2, -0.15) is 5.10 Å². The molecular formula is C15H26BrN3. The van der Waals surface area contributed by atoms with Crippen LogP contribution in [0.2, 0.25) is 0 Å². The van der Waals surface area contributed by atoms with Crippen LogP contribution in [0.3, 0.4) is 0 Å². The molecule has 1 aliphatic rings. The second kappa shape index (κ2) is 7.44. The number of alkyl halides is 1. The molecule has 0 unspecified atom stereocenters. The van der Waals surface area contributed by atoms with Gasteiger partial charge < -0.3 is 0 Å². The molecule has 1 aromatic rings. The van der Waals surface area contributed by atoms with Crippen LogP contribution in [0.5, 0.6) is 0 Å². The molecule has 19 heavy (non-hydrogen) atoms. The molecule has 0 saturated heterocycles. The third kappa shape index (κ3) is 3.82. The monoisotopic (exact) mass is 327 g/mol. The van der Waals surface area contributed by atoms with E-state index in [0.717, 1.165) is 37.4 Å². The lowest BCUT2D eigenvalue weighted by molar-refractivity contribution is 0.197. The van der Waals surface area contributed by atoms with E-state index in [4.69, 9.17) is 0 Å². The Balaban J connectivity index is 2.08. The third-order valence-corrected chi connectivity index (χ3v) is 4.51. The zero-order valence-electron chi connectivity index (χ0n) is 12.2. The van der Waals surface area contributed by atoms with E-state index in [0.29, 0.717) is 0 Å². The van der Waals surface area contributed by atoms with Crippen molar-refractivity contribution in [2.45, 2.75) is 65.1 Å². The number of aromatic nitrogens is 2. The van der Waals surface area contributed by atoms with Gasteiger partial charge in [0.15, 0.2) is 0 Å². The van der Waals surface area contributed by atoms with Gasteiger partial charge in [0.05, 0.1) is 11.4 Å². The first-order valence-corrected chi connectivity index (χ1v) is 8.76. The molecule has 0 spiro atoms. The van der Waals surface area contributed by atoms with Crippen LogP contribution in [0.1, 0.15) is 50.9 Å². The van der Waals surface area contributed by atoms with Gasteiger partial charge in [-0.1, -0.05) is 35.7 Å². The Morgan fingerprint density at radius 3 is 2.68 bits per heavy atom. The van der Waals surface area contributed by atoms with Crippen molar-refractivity contribution in [2.75, 3.05) is 11.9 Å². The molecule has 0 radical (unpaired) electrons. The molecule has 0 aromatic carbocycles. The number of rotatable bonds is 7. The quantitative estimate of drug-likeness (QED) is 0.713. The van der Waals surface area contributed by atoms with E-state index >= 15 is 0 Å². The average molecular weight is 328 g/mol. The highest BCUT2D eigenvalue weighted by atomic mass is 79.9. The number of halogens is 1. The highest BCUT2D eigenvalue weighted by molar-refractivity contribution is 9.09. The van der Waals surface area contributed by atoms with Crippen LogP contribution in [0.25, 0.3) is 0 Å². The summed E-state index contributed by atoms with van der Waals surface area (Å²) < 4.78 is 2.18. The van der Waals surface area contributed by atoms with Crippen molar-refractivity contribution in [3.05, 3.63) is 17.5 Å². The molecule has 0 N–H and O–H groups in total. The van der Waals surface area contributed by atoms with E-state index in [-0.39, 0.29) is 0 Å². The Morgan fingerprint density at radius 1 is 1.37 bits per heavy atom. The van der Waals surface area contributed by atoms with Gasteiger partial charge in [0.2, 0.25) is 0 Å². The highest BCUT2D eigenvalue weighted by Gasteiger charge is 2.23. The molecule has 4 heteroatoms. The molecule has 3 nitrogen and oxygen atoms in total. The van der Waals surface area contributed by atoms with Crippen molar-refractivity contribution in [2.24, 2.45) is 0 Å². The molecule has 0 aliphatic heterocycles. The molecule has 0 bridgehead atoms. The standard InChI is InChI=1S/C15H26BrN3/c1-3-13-11-15(19(4-2)17-13)12-18(10-9-16)14-7-5-6-8-14/h11,14H,3-10,12H2,1-2H3. The molecule has 1 aliphatic carbocycles. The Hall–Kier alpha value is -0.350. The molecule has 108 valence electrons. The molecular weight excluding hydrogens is 302 g/mol. The lowest BCUT2D eigenvalue weighted by Gasteiger charge is -2.28. The van der Waals surface area contributed by atoms with Gasteiger partial charge in [0, 0.05) is 31.0 Å². The fourth-order valence-corrected chi connectivity index (χ4v) is 3.52. The van der Waals surface area contributed by atoms with Crippen LogP contribution in [0.4, 0.5) is 0 Å². The fraction of sp³-hybridized carbons (Fsp3) is 0.800. The maximum absolute atomic E-state index is 4.67. The summed E-state index contributed by atoms with van der Waals surface area (Å²) in [6, 6.07) is 3.07. The summed E-state index contributed by atoms with van der Waals surface area (Å²) in [5, 5.41) is 5.73. The normalized spacial score (nSPS) is 16.6. The molecule has 1 saturated carbocycles. The highest BCUT2D eigenvalue weighted by Crippen LogP contribution is 2.25. The van der Waals surface area contributed by atoms with Crippen molar-refractivity contribution in [1.82, 2.24) is 14.7 Å². The molecule has 1 heterocycles. The van der Waals surface area contributed by atoms with E-state index in [9.17, 15) is 0 Å². The first kappa shape index (κ1) is 15.0. The second-order valence-corrected chi connectivity index (χ2v) is 6.19. The van der Waals surface area contributed by atoms with Crippen molar-refractivity contribution in [3.8, 4) is 0 Å². The van der Waals surface area contributed by atoms with Crippen molar-refractivity contribution in [1.29, 1.82) is 0 Å². The van der Waals surface area contributed by atoms with Crippen LogP contribution in [0, 0.1) is 0 Å². The van der Waals surface area contributed by atoms with Gasteiger partial charge in [-0.05, 0) is 32.3 Å². The number of aryl methyl sites for hydroxylation is 2. The molecule has 0 atom stereocenters. The summed E-state index contributed by atoms with van der Waals surface area (Å²) in [5.41, 5.74) is 2.61. The Bertz CT molecular complexity index is 383. The van der Waals surface area contributed by atoms with Crippen LogP contribution < -0.4 is 0 Å².